The largest absolute Gasteiger partial charge is 0.467 e. The van der Waals surface area contributed by atoms with Gasteiger partial charge >= 0.3 is 5.97 Å². The van der Waals surface area contributed by atoms with E-state index in [1.165, 1.54) is 17.2 Å². The Bertz CT molecular complexity index is 983. The highest BCUT2D eigenvalue weighted by atomic mass is 16.5. The van der Waals surface area contributed by atoms with E-state index in [0.29, 0.717) is 17.0 Å². The Morgan fingerprint density at radius 1 is 0.966 bits per heavy atom. The van der Waals surface area contributed by atoms with Crippen LogP contribution in [0.25, 0.3) is 0 Å². The van der Waals surface area contributed by atoms with E-state index >= 15 is 0 Å². The average Bonchev–Trinajstić information content (AvgIpc) is 3.25. The van der Waals surface area contributed by atoms with Gasteiger partial charge in [0.2, 0.25) is 0 Å². The predicted molar refractivity (Wildman–Crippen MR) is 106 cm³/mol. The van der Waals surface area contributed by atoms with Crippen LogP contribution < -0.4 is 5.32 Å². The van der Waals surface area contributed by atoms with E-state index in [4.69, 9.17) is 9.15 Å². The lowest BCUT2D eigenvalue weighted by atomic mass is 10.1. The normalized spacial score (nSPS) is 10.2. The topological polar surface area (TPSA) is 88.8 Å². The van der Waals surface area contributed by atoms with Crippen LogP contribution in [-0.2, 0) is 16.1 Å². The molecule has 0 atom stereocenters. The summed E-state index contributed by atoms with van der Waals surface area (Å²) in [5.74, 6) is -0.796. The number of hydrogen-bond donors (Lipinski definition) is 1. The fourth-order valence-electron chi connectivity index (χ4n) is 2.59. The first kappa shape index (κ1) is 19.9. The molecular formula is C22H20N2O5. The second-order valence-corrected chi connectivity index (χ2v) is 6.27. The molecule has 1 heterocycles. The third-order valence-electron chi connectivity index (χ3n) is 4.16. The standard InChI is InChI=1S/C22H20N2O5/c1-24(14-17-10-7-13-28-17)20(25)15-29-22(27)18-11-5-6-12-19(18)23-21(26)16-8-3-2-4-9-16/h2-13H,14-15H2,1H3,(H,23,26). The number of ether oxygens (including phenoxy) is 1. The molecule has 148 valence electrons. The summed E-state index contributed by atoms with van der Waals surface area (Å²) in [6.07, 6.45) is 1.52. The number of esters is 1. The molecule has 0 radical (unpaired) electrons. The van der Waals surface area contributed by atoms with Gasteiger partial charge in [-0.1, -0.05) is 30.3 Å². The van der Waals surface area contributed by atoms with Crippen molar-refractivity contribution in [3.63, 3.8) is 0 Å². The SMILES string of the molecule is CN(Cc1ccco1)C(=O)COC(=O)c1ccccc1NC(=O)c1ccccc1. The van der Waals surface area contributed by atoms with Gasteiger partial charge in [-0.2, -0.15) is 0 Å². The van der Waals surface area contributed by atoms with Gasteiger partial charge in [-0.15, -0.1) is 0 Å². The van der Waals surface area contributed by atoms with Crippen LogP contribution in [0.4, 0.5) is 5.69 Å². The maximum Gasteiger partial charge on any atom is 0.340 e. The van der Waals surface area contributed by atoms with Gasteiger partial charge in [-0.3, -0.25) is 9.59 Å². The van der Waals surface area contributed by atoms with Gasteiger partial charge < -0.3 is 19.4 Å². The Morgan fingerprint density at radius 3 is 2.41 bits per heavy atom. The van der Waals surface area contributed by atoms with Gasteiger partial charge in [0.25, 0.3) is 11.8 Å². The lowest BCUT2D eigenvalue weighted by Crippen LogP contribution is -2.30. The minimum Gasteiger partial charge on any atom is -0.467 e. The second kappa shape index (κ2) is 9.36. The van der Waals surface area contributed by atoms with Crippen LogP contribution in [0.5, 0.6) is 0 Å². The zero-order valence-corrected chi connectivity index (χ0v) is 15.8. The molecular weight excluding hydrogens is 372 g/mol. The van der Waals surface area contributed by atoms with Gasteiger partial charge in [0.15, 0.2) is 6.61 Å². The molecule has 0 aliphatic carbocycles. The molecule has 0 spiro atoms. The molecule has 29 heavy (non-hydrogen) atoms. The zero-order valence-electron chi connectivity index (χ0n) is 15.8. The number of rotatable bonds is 7. The van der Waals surface area contributed by atoms with Crippen molar-refractivity contribution in [1.29, 1.82) is 0 Å². The van der Waals surface area contributed by atoms with Gasteiger partial charge in [0.1, 0.15) is 5.76 Å². The number of anilines is 1. The molecule has 2 aromatic carbocycles. The van der Waals surface area contributed by atoms with Crippen molar-refractivity contribution in [2.45, 2.75) is 6.54 Å². The molecule has 0 aliphatic rings. The highest BCUT2D eigenvalue weighted by Gasteiger charge is 2.18. The molecule has 7 nitrogen and oxygen atoms in total. The van der Waals surface area contributed by atoms with Gasteiger partial charge in [-0.05, 0) is 36.4 Å². The molecule has 0 saturated carbocycles. The zero-order chi connectivity index (χ0) is 20.6. The summed E-state index contributed by atoms with van der Waals surface area (Å²) in [6, 6.07) is 18.6. The summed E-state index contributed by atoms with van der Waals surface area (Å²) < 4.78 is 10.3. The summed E-state index contributed by atoms with van der Waals surface area (Å²) in [5, 5.41) is 2.70. The van der Waals surface area contributed by atoms with E-state index in [2.05, 4.69) is 5.32 Å². The molecule has 2 amide bonds. The van der Waals surface area contributed by atoms with Crippen LogP contribution in [0, 0.1) is 0 Å². The van der Waals surface area contributed by atoms with Crippen LogP contribution >= 0.6 is 0 Å². The molecule has 0 bridgehead atoms. The van der Waals surface area contributed by atoms with Gasteiger partial charge in [0, 0.05) is 12.6 Å². The van der Waals surface area contributed by atoms with Crippen LogP contribution in [0.3, 0.4) is 0 Å². The van der Waals surface area contributed by atoms with Crippen LogP contribution in [0.1, 0.15) is 26.5 Å². The number of benzene rings is 2. The monoisotopic (exact) mass is 392 g/mol. The maximum atomic E-state index is 12.5. The van der Waals surface area contributed by atoms with Gasteiger partial charge in [0.05, 0.1) is 24.1 Å². The predicted octanol–water partition coefficient (Wildman–Crippen LogP) is 3.35. The van der Waals surface area contributed by atoms with E-state index in [9.17, 15) is 14.4 Å². The number of nitrogens with zero attached hydrogens (tertiary/aromatic N) is 1. The molecule has 7 heteroatoms. The molecule has 0 fully saturated rings. The number of nitrogens with one attached hydrogen (secondary N) is 1. The highest BCUT2D eigenvalue weighted by molar-refractivity contribution is 6.08. The van der Waals surface area contributed by atoms with Crippen molar-refractivity contribution in [2.75, 3.05) is 19.0 Å². The summed E-state index contributed by atoms with van der Waals surface area (Å²) in [7, 11) is 1.59. The molecule has 0 saturated heterocycles. The van der Waals surface area contributed by atoms with E-state index in [-0.39, 0.29) is 23.9 Å². The van der Waals surface area contributed by atoms with Crippen LogP contribution in [-0.4, -0.2) is 36.3 Å². The molecule has 1 aromatic heterocycles. The molecule has 3 rings (SSSR count). The Morgan fingerprint density at radius 2 is 1.69 bits per heavy atom. The van der Waals surface area contributed by atoms with Crippen molar-refractivity contribution < 1.29 is 23.5 Å². The van der Waals surface area contributed by atoms with Crippen LogP contribution in [0.15, 0.2) is 77.4 Å². The maximum absolute atomic E-state index is 12.5. The molecule has 0 aliphatic heterocycles. The fraction of sp³-hybridized carbons (Fsp3) is 0.136. The van der Waals surface area contributed by atoms with Crippen molar-refractivity contribution in [3.8, 4) is 0 Å². The third-order valence-corrected chi connectivity index (χ3v) is 4.16. The first-order valence-electron chi connectivity index (χ1n) is 8.93. The summed E-state index contributed by atoms with van der Waals surface area (Å²) >= 11 is 0. The lowest BCUT2D eigenvalue weighted by molar-refractivity contribution is -0.133. The number of carbonyl (C=O) groups is 3. The highest BCUT2D eigenvalue weighted by Crippen LogP contribution is 2.17. The quantitative estimate of drug-likeness (QED) is 0.623. The van der Waals surface area contributed by atoms with Crippen LogP contribution in [0.2, 0.25) is 0 Å². The lowest BCUT2D eigenvalue weighted by Gasteiger charge is -2.16. The minimum absolute atomic E-state index is 0.165. The number of carbonyl (C=O) groups excluding carboxylic acids is 3. The number of likely N-dealkylation sites (N-methyl/N-ethyl adjacent to an activating group) is 1. The molecule has 0 unspecified atom stereocenters. The molecule has 3 aromatic rings. The summed E-state index contributed by atoms with van der Waals surface area (Å²) in [4.78, 5) is 38.4. The van der Waals surface area contributed by atoms with Crippen molar-refractivity contribution in [3.05, 3.63) is 89.9 Å². The fourth-order valence-corrected chi connectivity index (χ4v) is 2.59. The van der Waals surface area contributed by atoms with E-state index in [0.717, 1.165) is 0 Å². The Labute approximate surface area is 167 Å². The van der Waals surface area contributed by atoms with Crippen molar-refractivity contribution in [1.82, 2.24) is 4.90 Å². The van der Waals surface area contributed by atoms with E-state index < -0.39 is 12.6 Å². The number of furan rings is 1. The second-order valence-electron chi connectivity index (χ2n) is 6.27. The van der Waals surface area contributed by atoms with Crippen molar-refractivity contribution in [2.24, 2.45) is 0 Å². The number of amides is 2. The first-order valence-corrected chi connectivity index (χ1v) is 8.93. The smallest absolute Gasteiger partial charge is 0.340 e. The summed E-state index contributed by atoms with van der Waals surface area (Å²) in [5.41, 5.74) is 0.936. The first-order chi connectivity index (χ1) is 14.0. The summed E-state index contributed by atoms with van der Waals surface area (Å²) in [6.45, 7) is -0.149. The Balaban J connectivity index is 1.61. The van der Waals surface area contributed by atoms with E-state index in [1.54, 1.807) is 61.6 Å². The third kappa shape index (κ3) is 5.32. The van der Waals surface area contributed by atoms with Crippen molar-refractivity contribution >= 4 is 23.5 Å². The number of hydrogen-bond acceptors (Lipinski definition) is 5. The van der Waals surface area contributed by atoms with Gasteiger partial charge in [-0.25, -0.2) is 4.79 Å². The molecule has 1 N–H and O–H groups in total. The number of para-hydroxylation sites is 1. The Kier molecular flexibility index (Phi) is 6.42. The minimum atomic E-state index is -0.700. The van der Waals surface area contributed by atoms with E-state index in [1.807, 2.05) is 6.07 Å². The average molecular weight is 392 g/mol. The Hall–Kier alpha value is -3.87.